The maximum absolute atomic E-state index is 12.8. The van der Waals surface area contributed by atoms with Crippen LogP contribution in [-0.4, -0.2) is 22.2 Å². The Kier molecular flexibility index (Phi) is 2.44. The van der Waals surface area contributed by atoms with Gasteiger partial charge >= 0.3 is 7.12 Å². The van der Waals surface area contributed by atoms with Crippen LogP contribution in [0.1, 0.15) is 11.4 Å². The van der Waals surface area contributed by atoms with E-state index < -0.39 is 12.9 Å². The van der Waals surface area contributed by atoms with E-state index in [0.717, 1.165) is 6.07 Å². The molecule has 1 rings (SSSR count). The third kappa shape index (κ3) is 1.62. The first-order valence-electron chi connectivity index (χ1n) is 3.52. The molecular formula is C7H9BFNO2. The highest BCUT2D eigenvalue weighted by Gasteiger charge is 2.16. The van der Waals surface area contributed by atoms with Crippen molar-refractivity contribution in [2.75, 3.05) is 0 Å². The third-order valence-corrected chi connectivity index (χ3v) is 1.66. The van der Waals surface area contributed by atoms with Crippen LogP contribution in [0.4, 0.5) is 4.39 Å². The summed E-state index contributed by atoms with van der Waals surface area (Å²) in [5, 5.41) is 17.5. The van der Waals surface area contributed by atoms with Crippen LogP contribution in [0, 0.1) is 19.7 Å². The average Bonchev–Trinajstić information content (AvgIpc) is 1.96. The van der Waals surface area contributed by atoms with E-state index in [-0.39, 0.29) is 11.2 Å². The molecule has 0 saturated carbocycles. The van der Waals surface area contributed by atoms with Crippen LogP contribution < -0.4 is 5.46 Å². The molecular weight excluding hydrogens is 160 g/mol. The fourth-order valence-electron chi connectivity index (χ4n) is 0.976. The average molecular weight is 169 g/mol. The lowest BCUT2D eigenvalue weighted by atomic mass is 9.79. The fraction of sp³-hybridized carbons (Fsp3) is 0.286. The lowest BCUT2D eigenvalue weighted by molar-refractivity contribution is 0.425. The quantitative estimate of drug-likeness (QED) is 0.558. The maximum atomic E-state index is 12.8. The second-order valence-electron chi connectivity index (χ2n) is 2.60. The van der Waals surface area contributed by atoms with Crippen LogP contribution in [0.5, 0.6) is 0 Å². The van der Waals surface area contributed by atoms with E-state index in [1.165, 1.54) is 6.92 Å². The fourth-order valence-corrected chi connectivity index (χ4v) is 0.976. The number of pyridine rings is 1. The van der Waals surface area contributed by atoms with Gasteiger partial charge in [-0.25, -0.2) is 4.39 Å². The van der Waals surface area contributed by atoms with E-state index >= 15 is 0 Å². The van der Waals surface area contributed by atoms with E-state index in [2.05, 4.69) is 4.98 Å². The summed E-state index contributed by atoms with van der Waals surface area (Å²) in [7, 11) is -1.66. The van der Waals surface area contributed by atoms with Crippen LogP contribution in [0.3, 0.4) is 0 Å². The van der Waals surface area contributed by atoms with Gasteiger partial charge in [0.1, 0.15) is 5.82 Å². The van der Waals surface area contributed by atoms with Gasteiger partial charge in [-0.3, -0.25) is 4.98 Å². The van der Waals surface area contributed by atoms with Crippen molar-refractivity contribution in [3.8, 4) is 0 Å². The highest BCUT2D eigenvalue weighted by molar-refractivity contribution is 6.59. The second-order valence-corrected chi connectivity index (χ2v) is 2.60. The largest absolute Gasteiger partial charge is 0.490 e. The first-order chi connectivity index (χ1) is 5.52. The number of nitrogens with zero attached hydrogens (tertiary/aromatic N) is 1. The summed E-state index contributed by atoms with van der Waals surface area (Å²) >= 11 is 0. The first-order valence-corrected chi connectivity index (χ1v) is 3.52. The van der Waals surface area contributed by atoms with Gasteiger partial charge in [-0.15, -0.1) is 0 Å². The molecule has 1 aromatic heterocycles. The molecule has 0 aromatic carbocycles. The summed E-state index contributed by atoms with van der Waals surface area (Å²) in [6.45, 7) is 3.12. The van der Waals surface area contributed by atoms with Crippen molar-refractivity contribution in [2.45, 2.75) is 13.8 Å². The van der Waals surface area contributed by atoms with Crippen LogP contribution in [-0.2, 0) is 0 Å². The number of hydrogen-bond donors (Lipinski definition) is 2. The molecule has 0 aliphatic heterocycles. The highest BCUT2D eigenvalue weighted by Crippen LogP contribution is 2.01. The zero-order valence-electron chi connectivity index (χ0n) is 6.87. The summed E-state index contributed by atoms with van der Waals surface area (Å²) in [5.41, 5.74) is 0.805. The second kappa shape index (κ2) is 3.20. The van der Waals surface area contributed by atoms with Crippen molar-refractivity contribution in [2.24, 2.45) is 0 Å². The van der Waals surface area contributed by atoms with Gasteiger partial charge in [-0.2, -0.15) is 0 Å². The Morgan fingerprint density at radius 3 is 2.42 bits per heavy atom. The van der Waals surface area contributed by atoms with Crippen LogP contribution in [0.15, 0.2) is 6.07 Å². The predicted molar refractivity (Wildman–Crippen MR) is 43.5 cm³/mol. The Labute approximate surface area is 70.0 Å². The normalized spacial score (nSPS) is 10.1. The molecule has 1 aromatic rings. The molecule has 0 unspecified atom stereocenters. The molecule has 0 amide bonds. The Bertz CT molecular complexity index is 304. The minimum absolute atomic E-state index is 0.109. The summed E-state index contributed by atoms with van der Waals surface area (Å²) in [6, 6.07) is 1.09. The topological polar surface area (TPSA) is 53.4 Å². The third-order valence-electron chi connectivity index (χ3n) is 1.66. The number of rotatable bonds is 1. The predicted octanol–water partition coefficient (Wildman–Crippen LogP) is -0.483. The van der Waals surface area contributed by atoms with E-state index in [1.54, 1.807) is 6.92 Å². The monoisotopic (exact) mass is 169 g/mol. The molecule has 3 nitrogen and oxygen atoms in total. The molecule has 0 bridgehead atoms. The molecule has 5 heteroatoms. The van der Waals surface area contributed by atoms with Gasteiger partial charge in [0.15, 0.2) is 0 Å². The summed E-state index contributed by atoms with van der Waals surface area (Å²) in [5.74, 6) is -0.524. The van der Waals surface area contributed by atoms with E-state index in [4.69, 9.17) is 10.0 Å². The Hall–Kier alpha value is -0.935. The molecule has 0 fully saturated rings. The molecule has 1 heterocycles. The van der Waals surface area contributed by atoms with Gasteiger partial charge in [0.05, 0.1) is 5.69 Å². The van der Waals surface area contributed by atoms with Crippen LogP contribution in [0.2, 0.25) is 0 Å². The Balaban J connectivity index is 3.23. The molecule has 0 aliphatic carbocycles. The zero-order valence-corrected chi connectivity index (χ0v) is 6.87. The van der Waals surface area contributed by atoms with Crippen molar-refractivity contribution >= 4 is 12.6 Å². The number of aromatic nitrogens is 1. The number of aryl methyl sites for hydroxylation is 2. The van der Waals surface area contributed by atoms with Gasteiger partial charge in [0, 0.05) is 11.2 Å². The maximum Gasteiger partial charge on any atom is 0.490 e. The molecule has 0 spiro atoms. The highest BCUT2D eigenvalue weighted by atomic mass is 19.1. The summed E-state index contributed by atoms with van der Waals surface area (Å²) in [4.78, 5) is 3.80. The number of hydrogen-bond acceptors (Lipinski definition) is 3. The first kappa shape index (κ1) is 9.16. The zero-order chi connectivity index (χ0) is 9.30. The molecule has 0 aliphatic rings. The van der Waals surface area contributed by atoms with Crippen molar-refractivity contribution < 1.29 is 14.4 Å². The molecule has 64 valence electrons. The van der Waals surface area contributed by atoms with Crippen molar-refractivity contribution in [1.29, 1.82) is 0 Å². The lowest BCUT2D eigenvalue weighted by Gasteiger charge is -2.04. The lowest BCUT2D eigenvalue weighted by Crippen LogP contribution is -2.33. The minimum atomic E-state index is -1.66. The number of halogens is 1. The van der Waals surface area contributed by atoms with E-state index in [0.29, 0.717) is 5.69 Å². The van der Waals surface area contributed by atoms with Gasteiger partial charge < -0.3 is 10.0 Å². The van der Waals surface area contributed by atoms with Gasteiger partial charge in [0.2, 0.25) is 0 Å². The molecule has 0 atom stereocenters. The Morgan fingerprint density at radius 2 is 1.92 bits per heavy atom. The molecule has 2 N–H and O–H groups in total. The molecule has 0 saturated heterocycles. The van der Waals surface area contributed by atoms with E-state index in [9.17, 15) is 4.39 Å². The summed E-state index contributed by atoms with van der Waals surface area (Å²) in [6.07, 6.45) is 0. The van der Waals surface area contributed by atoms with E-state index in [1.807, 2.05) is 0 Å². The SMILES string of the molecule is Cc1nc(C)c(B(O)O)cc1F. The van der Waals surface area contributed by atoms with Gasteiger partial charge in [-0.1, -0.05) is 0 Å². The van der Waals surface area contributed by atoms with Crippen LogP contribution >= 0.6 is 0 Å². The van der Waals surface area contributed by atoms with Crippen molar-refractivity contribution in [3.05, 3.63) is 23.3 Å². The van der Waals surface area contributed by atoms with Gasteiger partial charge in [0.25, 0.3) is 0 Å². The smallest absolute Gasteiger partial charge is 0.423 e. The molecule has 12 heavy (non-hydrogen) atoms. The van der Waals surface area contributed by atoms with Crippen LogP contribution in [0.25, 0.3) is 0 Å². The van der Waals surface area contributed by atoms with Crippen molar-refractivity contribution in [3.63, 3.8) is 0 Å². The molecule has 0 radical (unpaired) electrons. The Morgan fingerprint density at radius 1 is 1.33 bits per heavy atom. The van der Waals surface area contributed by atoms with Gasteiger partial charge in [-0.05, 0) is 19.9 Å². The minimum Gasteiger partial charge on any atom is -0.423 e. The summed E-state index contributed by atoms with van der Waals surface area (Å²) < 4.78 is 12.8. The van der Waals surface area contributed by atoms with Crippen molar-refractivity contribution in [1.82, 2.24) is 4.98 Å². The standard InChI is InChI=1S/C7H9BFNO2/c1-4-6(8(11)12)3-7(9)5(2)10-4/h3,11-12H,1-2H3.